The molecule has 1 aromatic heterocycles. The van der Waals surface area contributed by atoms with Crippen LogP contribution in [0.1, 0.15) is 53.9 Å². The molecule has 1 aliphatic carbocycles. The fourth-order valence-electron chi connectivity index (χ4n) is 4.42. The van der Waals surface area contributed by atoms with Gasteiger partial charge in [0.15, 0.2) is 0 Å². The van der Waals surface area contributed by atoms with Crippen molar-refractivity contribution in [3.8, 4) is 0 Å². The molecule has 2 heterocycles. The van der Waals surface area contributed by atoms with Crippen molar-refractivity contribution in [3.63, 3.8) is 0 Å². The number of benzene rings is 2. The van der Waals surface area contributed by atoms with E-state index in [1.165, 1.54) is 16.1 Å². The van der Waals surface area contributed by atoms with Crippen molar-refractivity contribution in [1.82, 2.24) is 9.29 Å². The summed E-state index contributed by atoms with van der Waals surface area (Å²) in [5, 5.41) is 3.95. The van der Waals surface area contributed by atoms with Crippen LogP contribution in [0, 0.1) is 0 Å². The summed E-state index contributed by atoms with van der Waals surface area (Å²) < 4.78 is 33.9. The molecule has 31 heavy (non-hydrogen) atoms. The maximum atomic E-state index is 13.5. The highest BCUT2D eigenvalue weighted by atomic mass is 32.2. The molecule has 2 aliphatic rings. The number of nitrogens with one attached hydrogen (secondary N) is 1. The largest absolute Gasteiger partial charge is 0.381 e. The molecule has 0 bridgehead atoms. The van der Waals surface area contributed by atoms with E-state index in [0.717, 1.165) is 43.1 Å². The fourth-order valence-corrected chi connectivity index (χ4v) is 5.80. The molecule has 1 saturated heterocycles. The van der Waals surface area contributed by atoms with Crippen molar-refractivity contribution >= 4 is 26.8 Å². The number of carbonyl (C=O) groups is 1. The van der Waals surface area contributed by atoms with Gasteiger partial charge in [-0.1, -0.05) is 18.2 Å². The SMILES string of the molecule is O=C(NC1CCC1)c1ccc(S(=O)(=O)n2cc(C3CCOCC3)c3ccccc32)cc1. The topological polar surface area (TPSA) is 77.4 Å². The summed E-state index contributed by atoms with van der Waals surface area (Å²) in [5.41, 5.74) is 2.21. The maximum Gasteiger partial charge on any atom is 0.268 e. The number of aromatic nitrogens is 1. The smallest absolute Gasteiger partial charge is 0.268 e. The van der Waals surface area contributed by atoms with Gasteiger partial charge in [0.25, 0.3) is 15.9 Å². The summed E-state index contributed by atoms with van der Waals surface area (Å²) in [6, 6.07) is 14.1. The lowest BCUT2D eigenvalue weighted by Gasteiger charge is -2.26. The zero-order valence-electron chi connectivity index (χ0n) is 17.3. The number of rotatable bonds is 5. The minimum Gasteiger partial charge on any atom is -0.381 e. The van der Waals surface area contributed by atoms with Gasteiger partial charge in [-0.05, 0) is 73.9 Å². The average molecular weight is 439 g/mol. The Balaban J connectivity index is 1.48. The third-order valence-electron chi connectivity index (χ3n) is 6.48. The van der Waals surface area contributed by atoms with Gasteiger partial charge < -0.3 is 10.1 Å². The lowest BCUT2D eigenvalue weighted by Crippen LogP contribution is -2.39. The lowest BCUT2D eigenvalue weighted by molar-refractivity contribution is 0.0856. The highest BCUT2D eigenvalue weighted by molar-refractivity contribution is 7.90. The van der Waals surface area contributed by atoms with Gasteiger partial charge in [0.05, 0.1) is 10.4 Å². The summed E-state index contributed by atoms with van der Waals surface area (Å²) in [6.07, 6.45) is 6.70. The van der Waals surface area contributed by atoms with E-state index in [-0.39, 0.29) is 22.8 Å². The summed E-state index contributed by atoms with van der Waals surface area (Å²) in [7, 11) is -3.79. The van der Waals surface area contributed by atoms with E-state index in [1.54, 1.807) is 18.3 Å². The average Bonchev–Trinajstić information content (AvgIpc) is 3.17. The third kappa shape index (κ3) is 3.77. The number of amides is 1. The lowest BCUT2D eigenvalue weighted by atomic mass is 9.91. The van der Waals surface area contributed by atoms with Crippen molar-refractivity contribution < 1.29 is 17.9 Å². The minimum atomic E-state index is -3.79. The van der Waals surface area contributed by atoms with Gasteiger partial charge in [-0.25, -0.2) is 12.4 Å². The Hall–Kier alpha value is -2.64. The molecule has 1 amide bonds. The first-order valence-corrected chi connectivity index (χ1v) is 12.3. The zero-order valence-corrected chi connectivity index (χ0v) is 18.1. The second kappa shape index (κ2) is 8.13. The summed E-state index contributed by atoms with van der Waals surface area (Å²) in [5.74, 6) is 0.134. The normalized spacial score (nSPS) is 18.1. The predicted molar refractivity (Wildman–Crippen MR) is 119 cm³/mol. The van der Waals surface area contributed by atoms with Gasteiger partial charge in [-0.2, -0.15) is 0 Å². The van der Waals surface area contributed by atoms with E-state index in [9.17, 15) is 13.2 Å². The van der Waals surface area contributed by atoms with E-state index in [1.807, 2.05) is 24.3 Å². The quantitative estimate of drug-likeness (QED) is 0.652. The van der Waals surface area contributed by atoms with Crippen LogP contribution < -0.4 is 5.32 Å². The van der Waals surface area contributed by atoms with E-state index < -0.39 is 10.0 Å². The number of hydrogen-bond donors (Lipinski definition) is 1. The molecule has 162 valence electrons. The van der Waals surface area contributed by atoms with E-state index in [0.29, 0.717) is 24.3 Å². The molecular formula is C24H26N2O4S. The van der Waals surface area contributed by atoms with Crippen LogP contribution in [0.3, 0.4) is 0 Å². The Bertz CT molecular complexity index is 1200. The number of ether oxygens (including phenoxy) is 1. The van der Waals surface area contributed by atoms with Gasteiger partial charge >= 0.3 is 0 Å². The van der Waals surface area contributed by atoms with Crippen LogP contribution in [0.2, 0.25) is 0 Å². The van der Waals surface area contributed by atoms with E-state index in [2.05, 4.69) is 5.32 Å². The van der Waals surface area contributed by atoms with Gasteiger partial charge in [0.2, 0.25) is 0 Å². The van der Waals surface area contributed by atoms with E-state index in [4.69, 9.17) is 4.74 Å². The number of para-hydroxylation sites is 1. The van der Waals surface area contributed by atoms with Gasteiger partial charge in [-0.15, -0.1) is 0 Å². The predicted octanol–water partition coefficient (Wildman–Crippen LogP) is 4.05. The molecule has 1 saturated carbocycles. The van der Waals surface area contributed by atoms with E-state index >= 15 is 0 Å². The van der Waals surface area contributed by atoms with Gasteiger partial charge in [0.1, 0.15) is 0 Å². The second-order valence-electron chi connectivity index (χ2n) is 8.41. The van der Waals surface area contributed by atoms with Crippen LogP contribution in [-0.2, 0) is 14.8 Å². The molecule has 0 unspecified atom stereocenters. The Morgan fingerprint density at radius 3 is 2.35 bits per heavy atom. The molecule has 6 nitrogen and oxygen atoms in total. The van der Waals surface area contributed by atoms with Crippen molar-refractivity contribution in [2.75, 3.05) is 13.2 Å². The second-order valence-corrected chi connectivity index (χ2v) is 10.2. The highest BCUT2D eigenvalue weighted by Gasteiger charge is 2.26. The van der Waals surface area contributed by atoms with Crippen LogP contribution in [0.15, 0.2) is 59.6 Å². The molecule has 5 rings (SSSR count). The molecule has 1 aliphatic heterocycles. The number of nitrogens with zero attached hydrogens (tertiary/aromatic N) is 1. The molecule has 0 radical (unpaired) electrons. The third-order valence-corrected chi connectivity index (χ3v) is 8.17. The summed E-state index contributed by atoms with van der Waals surface area (Å²) in [6.45, 7) is 1.39. The first-order valence-electron chi connectivity index (χ1n) is 10.9. The highest BCUT2D eigenvalue weighted by Crippen LogP contribution is 2.35. The number of carbonyl (C=O) groups excluding carboxylic acids is 1. The summed E-state index contributed by atoms with van der Waals surface area (Å²) in [4.78, 5) is 12.5. The van der Waals surface area contributed by atoms with Crippen LogP contribution in [0.25, 0.3) is 10.9 Å². The monoisotopic (exact) mass is 438 g/mol. The molecule has 3 aromatic rings. The van der Waals surface area contributed by atoms with Crippen molar-refractivity contribution in [3.05, 3.63) is 65.9 Å². The van der Waals surface area contributed by atoms with Crippen LogP contribution in [0.4, 0.5) is 0 Å². The molecule has 2 aromatic carbocycles. The maximum absolute atomic E-state index is 13.5. The van der Waals surface area contributed by atoms with Crippen molar-refractivity contribution in [1.29, 1.82) is 0 Å². The van der Waals surface area contributed by atoms with Crippen molar-refractivity contribution in [2.24, 2.45) is 0 Å². The van der Waals surface area contributed by atoms with Crippen LogP contribution in [-0.4, -0.2) is 37.6 Å². The zero-order chi connectivity index (χ0) is 21.4. The summed E-state index contributed by atoms with van der Waals surface area (Å²) >= 11 is 0. The van der Waals surface area contributed by atoms with Crippen molar-refractivity contribution in [2.45, 2.75) is 49.0 Å². The first-order chi connectivity index (χ1) is 15.0. The Labute approximate surface area is 182 Å². The molecule has 2 fully saturated rings. The van der Waals surface area contributed by atoms with Crippen LogP contribution >= 0.6 is 0 Å². The Morgan fingerprint density at radius 1 is 0.968 bits per heavy atom. The number of hydrogen-bond acceptors (Lipinski definition) is 4. The fraction of sp³-hybridized carbons (Fsp3) is 0.375. The molecular weight excluding hydrogens is 412 g/mol. The standard InChI is InChI=1S/C24H26N2O4S/c27-24(25-19-4-3-5-19)18-8-10-20(11-9-18)31(28,29)26-16-22(17-12-14-30-15-13-17)21-6-1-2-7-23(21)26/h1-2,6-11,16-17,19H,3-5,12-15H2,(H,25,27). The molecule has 0 spiro atoms. The molecule has 0 atom stereocenters. The Kier molecular flexibility index (Phi) is 5.32. The van der Waals surface area contributed by atoms with Gasteiger partial charge in [-0.3, -0.25) is 4.79 Å². The van der Waals surface area contributed by atoms with Crippen LogP contribution in [0.5, 0.6) is 0 Å². The molecule has 1 N–H and O–H groups in total. The minimum absolute atomic E-state index is 0.151. The first kappa shape index (κ1) is 20.3. The Morgan fingerprint density at radius 2 is 1.68 bits per heavy atom. The molecule has 7 heteroatoms. The van der Waals surface area contributed by atoms with Gasteiger partial charge in [0, 0.05) is 36.4 Å². The number of fused-ring (bicyclic) bond motifs is 1.